The van der Waals surface area contributed by atoms with Gasteiger partial charge in [0.1, 0.15) is 0 Å². The minimum absolute atomic E-state index is 0.0158. The maximum atomic E-state index is 12.9. The van der Waals surface area contributed by atoms with Gasteiger partial charge in [-0.15, -0.1) is 0 Å². The Bertz CT molecular complexity index is 371. The average Bonchev–Trinajstić information content (AvgIpc) is 2.20. The predicted octanol–water partition coefficient (Wildman–Crippen LogP) is 1.06. The van der Waals surface area contributed by atoms with Crippen molar-refractivity contribution >= 4 is 0 Å². The number of aliphatic hydroxyl groups is 1. The number of likely N-dealkylation sites (N-methyl/N-ethyl adjacent to an activating group) is 1. The van der Waals surface area contributed by atoms with Gasteiger partial charge in [0.15, 0.2) is 17.4 Å². The highest BCUT2D eigenvalue weighted by Crippen LogP contribution is 2.30. The zero-order valence-electron chi connectivity index (χ0n) is 7.89. The molecule has 6 heteroatoms. The molecule has 1 aromatic rings. The molecule has 0 aliphatic rings. The number of nitrogens with one attached hydrogen (secondary N) is 1. The summed E-state index contributed by atoms with van der Waals surface area (Å²) >= 11 is 0. The van der Waals surface area contributed by atoms with E-state index in [2.05, 4.69) is 5.32 Å². The topological polar surface area (TPSA) is 52.5 Å². The molecule has 0 amide bonds. The molecular formula is C9H10F3NO2. The first-order valence-electron chi connectivity index (χ1n) is 4.18. The third-order valence-electron chi connectivity index (χ3n) is 1.92. The van der Waals surface area contributed by atoms with Crippen molar-refractivity contribution in [3.8, 4) is 5.75 Å². The van der Waals surface area contributed by atoms with Crippen molar-refractivity contribution in [3.63, 3.8) is 0 Å². The summed E-state index contributed by atoms with van der Waals surface area (Å²) in [5.41, 5.74) is -0.388. The molecule has 0 fully saturated rings. The Kier molecular flexibility index (Phi) is 3.54. The number of aliphatic hydroxyl groups excluding tert-OH is 1. The molecule has 0 heterocycles. The lowest BCUT2D eigenvalue weighted by Gasteiger charge is -2.13. The van der Waals surface area contributed by atoms with Crippen molar-refractivity contribution in [3.05, 3.63) is 29.1 Å². The molecule has 1 rings (SSSR count). The predicted molar refractivity (Wildman–Crippen MR) is 46.9 cm³/mol. The number of phenols is 1. The van der Waals surface area contributed by atoms with Gasteiger partial charge in [0.25, 0.3) is 0 Å². The second kappa shape index (κ2) is 4.50. The summed E-state index contributed by atoms with van der Waals surface area (Å²) in [6.45, 7) is -0.0158. The molecule has 3 nitrogen and oxygen atoms in total. The SMILES string of the molecule is CNCC(O)c1cc(F)c(F)c(F)c1O. The molecule has 1 atom stereocenters. The number of hydrogen-bond donors (Lipinski definition) is 3. The van der Waals surface area contributed by atoms with Crippen molar-refractivity contribution in [2.24, 2.45) is 0 Å². The van der Waals surface area contributed by atoms with E-state index < -0.39 is 29.3 Å². The van der Waals surface area contributed by atoms with Crippen LogP contribution in [0.25, 0.3) is 0 Å². The van der Waals surface area contributed by atoms with Gasteiger partial charge in [-0.25, -0.2) is 8.78 Å². The summed E-state index contributed by atoms with van der Waals surface area (Å²) in [6, 6.07) is 0.565. The molecular weight excluding hydrogens is 211 g/mol. The van der Waals surface area contributed by atoms with Gasteiger partial charge in [0.2, 0.25) is 5.82 Å². The van der Waals surface area contributed by atoms with Crippen LogP contribution in [0.5, 0.6) is 5.75 Å². The largest absolute Gasteiger partial charge is 0.504 e. The van der Waals surface area contributed by atoms with Crippen LogP contribution in [-0.2, 0) is 0 Å². The van der Waals surface area contributed by atoms with Gasteiger partial charge in [-0.1, -0.05) is 0 Å². The highest BCUT2D eigenvalue weighted by Gasteiger charge is 2.21. The van der Waals surface area contributed by atoms with Crippen molar-refractivity contribution in [2.45, 2.75) is 6.10 Å². The zero-order valence-corrected chi connectivity index (χ0v) is 7.89. The molecule has 0 aromatic heterocycles. The van der Waals surface area contributed by atoms with E-state index in [9.17, 15) is 18.3 Å². The van der Waals surface area contributed by atoms with E-state index >= 15 is 0 Å². The molecule has 0 aliphatic carbocycles. The normalized spacial score (nSPS) is 12.9. The minimum Gasteiger partial charge on any atom is -0.504 e. The van der Waals surface area contributed by atoms with Crippen LogP contribution < -0.4 is 5.32 Å². The monoisotopic (exact) mass is 221 g/mol. The standard InChI is InChI=1S/C9H10F3NO2/c1-13-3-6(14)4-2-5(10)7(11)8(12)9(4)15/h2,6,13-15H,3H2,1H3. The maximum Gasteiger partial charge on any atom is 0.203 e. The molecule has 3 N–H and O–H groups in total. The highest BCUT2D eigenvalue weighted by atomic mass is 19.2. The Morgan fingerprint density at radius 3 is 2.47 bits per heavy atom. The van der Waals surface area contributed by atoms with Gasteiger partial charge in [-0.2, -0.15) is 4.39 Å². The first kappa shape index (κ1) is 11.8. The quantitative estimate of drug-likeness (QED) is 0.669. The third kappa shape index (κ3) is 2.21. The average molecular weight is 221 g/mol. The summed E-state index contributed by atoms with van der Waals surface area (Å²) < 4.78 is 38.2. The van der Waals surface area contributed by atoms with E-state index in [0.29, 0.717) is 6.07 Å². The van der Waals surface area contributed by atoms with Crippen LogP contribution in [0.1, 0.15) is 11.7 Å². The first-order chi connectivity index (χ1) is 6.99. The van der Waals surface area contributed by atoms with Gasteiger partial charge in [0, 0.05) is 12.1 Å². The molecule has 15 heavy (non-hydrogen) atoms. The molecule has 0 bridgehead atoms. The smallest absolute Gasteiger partial charge is 0.203 e. The molecule has 1 unspecified atom stereocenters. The summed E-state index contributed by atoms with van der Waals surface area (Å²) in [7, 11) is 1.51. The maximum absolute atomic E-state index is 12.9. The Hall–Kier alpha value is -1.27. The van der Waals surface area contributed by atoms with Crippen LogP contribution in [-0.4, -0.2) is 23.8 Å². The molecule has 0 saturated heterocycles. The Balaban J connectivity index is 3.19. The lowest BCUT2D eigenvalue weighted by Crippen LogP contribution is -2.17. The van der Waals surface area contributed by atoms with Crippen molar-refractivity contribution in [2.75, 3.05) is 13.6 Å². The van der Waals surface area contributed by atoms with Crippen LogP contribution in [0.3, 0.4) is 0 Å². The van der Waals surface area contributed by atoms with Crippen molar-refractivity contribution < 1.29 is 23.4 Å². The second-order valence-corrected chi connectivity index (χ2v) is 3.00. The van der Waals surface area contributed by atoms with E-state index in [1.807, 2.05) is 0 Å². The Morgan fingerprint density at radius 2 is 1.93 bits per heavy atom. The Morgan fingerprint density at radius 1 is 1.33 bits per heavy atom. The van der Waals surface area contributed by atoms with E-state index in [1.54, 1.807) is 0 Å². The fourth-order valence-corrected chi connectivity index (χ4v) is 1.16. The number of benzene rings is 1. The lowest BCUT2D eigenvalue weighted by molar-refractivity contribution is 0.171. The zero-order chi connectivity index (χ0) is 11.6. The van der Waals surface area contributed by atoms with Crippen LogP contribution in [0.4, 0.5) is 13.2 Å². The number of hydrogen-bond acceptors (Lipinski definition) is 3. The molecule has 84 valence electrons. The van der Waals surface area contributed by atoms with Gasteiger partial charge in [-0.3, -0.25) is 0 Å². The van der Waals surface area contributed by atoms with Gasteiger partial charge >= 0.3 is 0 Å². The number of rotatable bonds is 3. The summed E-state index contributed by atoms with van der Waals surface area (Å²) in [6.07, 6.45) is -1.31. The van der Waals surface area contributed by atoms with E-state index in [-0.39, 0.29) is 12.1 Å². The van der Waals surface area contributed by atoms with E-state index in [4.69, 9.17) is 5.11 Å². The number of aromatic hydroxyl groups is 1. The van der Waals surface area contributed by atoms with Crippen LogP contribution in [0.15, 0.2) is 6.07 Å². The first-order valence-corrected chi connectivity index (χ1v) is 4.18. The van der Waals surface area contributed by atoms with Crippen LogP contribution >= 0.6 is 0 Å². The Labute approximate surface area is 84.2 Å². The molecule has 0 saturated carbocycles. The fraction of sp³-hybridized carbons (Fsp3) is 0.333. The molecule has 1 aromatic carbocycles. The lowest BCUT2D eigenvalue weighted by atomic mass is 10.1. The van der Waals surface area contributed by atoms with Crippen molar-refractivity contribution in [1.29, 1.82) is 0 Å². The van der Waals surface area contributed by atoms with E-state index in [0.717, 1.165) is 0 Å². The summed E-state index contributed by atoms with van der Waals surface area (Å²) in [5, 5.41) is 21.0. The number of phenolic OH excluding ortho intramolecular Hbond substituents is 1. The minimum atomic E-state index is -1.76. The fourth-order valence-electron chi connectivity index (χ4n) is 1.16. The van der Waals surface area contributed by atoms with E-state index in [1.165, 1.54) is 7.05 Å². The third-order valence-corrected chi connectivity index (χ3v) is 1.92. The summed E-state index contributed by atoms with van der Waals surface area (Å²) in [5.74, 6) is -5.97. The van der Waals surface area contributed by atoms with Crippen LogP contribution in [0, 0.1) is 17.5 Å². The van der Waals surface area contributed by atoms with Crippen LogP contribution in [0.2, 0.25) is 0 Å². The van der Waals surface area contributed by atoms with Crippen molar-refractivity contribution in [1.82, 2.24) is 5.32 Å². The highest BCUT2D eigenvalue weighted by molar-refractivity contribution is 5.37. The van der Waals surface area contributed by atoms with Gasteiger partial charge in [0.05, 0.1) is 6.10 Å². The number of halogens is 3. The molecule has 0 radical (unpaired) electrons. The van der Waals surface area contributed by atoms with Gasteiger partial charge < -0.3 is 15.5 Å². The molecule has 0 aliphatic heterocycles. The van der Waals surface area contributed by atoms with Gasteiger partial charge in [-0.05, 0) is 13.1 Å². The molecule has 0 spiro atoms. The second-order valence-electron chi connectivity index (χ2n) is 3.00. The summed E-state index contributed by atoms with van der Waals surface area (Å²) in [4.78, 5) is 0.